The fourth-order valence-corrected chi connectivity index (χ4v) is 1.77. The topological polar surface area (TPSA) is 35.5 Å². The van der Waals surface area contributed by atoms with Gasteiger partial charge in [-0.2, -0.15) is 0 Å². The molecule has 0 fully saturated rings. The monoisotopic (exact) mass is 276 g/mol. The van der Waals surface area contributed by atoms with E-state index in [4.69, 9.17) is 21.1 Å². The first-order valence-electron chi connectivity index (χ1n) is 5.74. The van der Waals surface area contributed by atoms with E-state index in [2.05, 4.69) is 0 Å². The number of hydrogen-bond acceptors (Lipinski definition) is 3. The van der Waals surface area contributed by atoms with E-state index in [0.29, 0.717) is 22.1 Å². The molecule has 19 heavy (non-hydrogen) atoms. The van der Waals surface area contributed by atoms with Gasteiger partial charge in [0.2, 0.25) is 0 Å². The van der Waals surface area contributed by atoms with Crippen molar-refractivity contribution in [2.24, 2.45) is 0 Å². The number of carbonyl (C=O) groups is 1. The molecule has 0 amide bonds. The molecule has 0 bridgehead atoms. The summed E-state index contributed by atoms with van der Waals surface area (Å²) < 4.78 is 10.5. The highest BCUT2D eigenvalue weighted by Gasteiger charge is 2.08. The second-order valence-corrected chi connectivity index (χ2v) is 4.34. The van der Waals surface area contributed by atoms with Gasteiger partial charge in [-0.15, -0.1) is 0 Å². The lowest BCUT2D eigenvalue weighted by molar-refractivity contribution is 0.0921. The molecule has 0 aliphatic heterocycles. The highest BCUT2D eigenvalue weighted by molar-refractivity contribution is 6.30. The first kappa shape index (κ1) is 13.4. The summed E-state index contributed by atoms with van der Waals surface area (Å²) in [5.74, 6) is 1.11. The zero-order chi connectivity index (χ0) is 13.7. The van der Waals surface area contributed by atoms with Crippen molar-refractivity contribution < 1.29 is 14.3 Å². The third kappa shape index (κ3) is 3.73. The summed E-state index contributed by atoms with van der Waals surface area (Å²) in [4.78, 5) is 12.0. The normalized spacial score (nSPS) is 10.0. The largest absolute Gasteiger partial charge is 0.497 e. The van der Waals surface area contributed by atoms with Gasteiger partial charge in [-0.3, -0.25) is 4.79 Å². The molecule has 3 nitrogen and oxygen atoms in total. The molecule has 98 valence electrons. The van der Waals surface area contributed by atoms with Crippen LogP contribution in [0, 0.1) is 0 Å². The number of ether oxygens (including phenoxy) is 2. The maximum absolute atomic E-state index is 12.0. The molecule has 2 rings (SSSR count). The second kappa shape index (κ2) is 6.25. The Bertz CT molecular complexity index is 581. The lowest BCUT2D eigenvalue weighted by atomic mass is 10.1. The molecule has 0 aliphatic carbocycles. The van der Waals surface area contributed by atoms with Crippen molar-refractivity contribution >= 4 is 17.4 Å². The summed E-state index contributed by atoms with van der Waals surface area (Å²) in [5, 5.41) is 0.575. The summed E-state index contributed by atoms with van der Waals surface area (Å²) >= 11 is 5.84. The predicted octanol–water partition coefficient (Wildman–Crippen LogP) is 3.61. The molecule has 0 heterocycles. The molecule has 0 aromatic heterocycles. The van der Waals surface area contributed by atoms with E-state index in [0.717, 1.165) is 0 Å². The number of carbonyl (C=O) groups excluding carboxylic acids is 1. The van der Waals surface area contributed by atoms with Crippen LogP contribution in [0.25, 0.3) is 0 Å². The van der Waals surface area contributed by atoms with Gasteiger partial charge in [0.25, 0.3) is 0 Å². The maximum Gasteiger partial charge on any atom is 0.200 e. The third-order valence-electron chi connectivity index (χ3n) is 2.56. The Morgan fingerprint density at radius 2 is 1.84 bits per heavy atom. The van der Waals surface area contributed by atoms with Crippen molar-refractivity contribution in [1.82, 2.24) is 0 Å². The second-order valence-electron chi connectivity index (χ2n) is 3.90. The van der Waals surface area contributed by atoms with Crippen LogP contribution in [0.1, 0.15) is 10.4 Å². The molecule has 0 saturated carbocycles. The highest BCUT2D eigenvalue weighted by Crippen LogP contribution is 2.18. The van der Waals surface area contributed by atoms with E-state index in [1.165, 1.54) is 0 Å². The van der Waals surface area contributed by atoms with Crippen molar-refractivity contribution in [2.45, 2.75) is 0 Å². The van der Waals surface area contributed by atoms with Crippen molar-refractivity contribution in [3.05, 3.63) is 59.1 Å². The Morgan fingerprint density at radius 1 is 1.11 bits per heavy atom. The van der Waals surface area contributed by atoms with Crippen molar-refractivity contribution in [2.75, 3.05) is 13.7 Å². The van der Waals surface area contributed by atoms with Gasteiger partial charge in [0.15, 0.2) is 12.4 Å². The van der Waals surface area contributed by atoms with Crippen LogP contribution in [0.2, 0.25) is 5.02 Å². The first-order valence-corrected chi connectivity index (χ1v) is 6.12. The Hall–Kier alpha value is -2.00. The Labute approximate surface area is 116 Å². The Balaban J connectivity index is 2.01. The number of ketones is 1. The average molecular weight is 277 g/mol. The van der Waals surface area contributed by atoms with E-state index < -0.39 is 0 Å². The number of hydrogen-bond donors (Lipinski definition) is 0. The summed E-state index contributed by atoms with van der Waals surface area (Å²) in [6.07, 6.45) is 0. The van der Waals surface area contributed by atoms with Gasteiger partial charge in [-0.05, 0) is 30.3 Å². The fraction of sp³-hybridized carbons (Fsp3) is 0.133. The van der Waals surface area contributed by atoms with Gasteiger partial charge >= 0.3 is 0 Å². The van der Waals surface area contributed by atoms with Crippen molar-refractivity contribution in [3.8, 4) is 11.5 Å². The molecule has 0 unspecified atom stereocenters. The quantitative estimate of drug-likeness (QED) is 0.783. The van der Waals surface area contributed by atoms with Crippen LogP contribution in [-0.2, 0) is 0 Å². The number of rotatable bonds is 5. The van der Waals surface area contributed by atoms with E-state index in [-0.39, 0.29) is 12.4 Å². The minimum Gasteiger partial charge on any atom is -0.497 e. The fourth-order valence-electron chi connectivity index (χ4n) is 1.59. The van der Waals surface area contributed by atoms with E-state index >= 15 is 0 Å². The van der Waals surface area contributed by atoms with Crippen LogP contribution in [0.3, 0.4) is 0 Å². The van der Waals surface area contributed by atoms with Gasteiger partial charge in [-0.25, -0.2) is 0 Å². The SMILES string of the molecule is COc1cccc(C(=O)COc2cccc(Cl)c2)c1. The number of halogens is 1. The lowest BCUT2D eigenvalue weighted by Crippen LogP contribution is -2.11. The zero-order valence-corrected chi connectivity index (χ0v) is 11.2. The molecule has 2 aromatic rings. The average Bonchev–Trinajstić information content (AvgIpc) is 2.45. The van der Waals surface area contributed by atoms with Gasteiger partial charge in [-0.1, -0.05) is 29.8 Å². The minimum atomic E-state index is -0.112. The van der Waals surface area contributed by atoms with Gasteiger partial charge < -0.3 is 9.47 Å². The Kier molecular flexibility index (Phi) is 4.42. The van der Waals surface area contributed by atoms with E-state index in [1.807, 2.05) is 0 Å². The van der Waals surface area contributed by atoms with Gasteiger partial charge in [0, 0.05) is 10.6 Å². The van der Waals surface area contributed by atoms with Crippen LogP contribution in [-0.4, -0.2) is 19.5 Å². The maximum atomic E-state index is 12.0. The van der Waals surface area contributed by atoms with Crippen LogP contribution in [0.4, 0.5) is 0 Å². The molecule has 0 N–H and O–H groups in total. The summed E-state index contributed by atoms with van der Waals surface area (Å²) in [5.41, 5.74) is 0.557. The summed E-state index contributed by atoms with van der Waals surface area (Å²) in [6, 6.07) is 13.9. The molecule has 2 aromatic carbocycles. The van der Waals surface area contributed by atoms with Crippen LogP contribution < -0.4 is 9.47 Å². The minimum absolute atomic E-state index is 0.0342. The number of benzene rings is 2. The number of Topliss-reactive ketones (excluding diaryl/α,β-unsaturated/α-hetero) is 1. The molecule has 0 aliphatic rings. The van der Waals surface area contributed by atoms with Gasteiger partial charge in [0.05, 0.1) is 7.11 Å². The van der Waals surface area contributed by atoms with E-state index in [1.54, 1.807) is 55.6 Å². The molecule has 0 spiro atoms. The van der Waals surface area contributed by atoms with Crippen LogP contribution in [0.15, 0.2) is 48.5 Å². The molecule has 4 heteroatoms. The first-order chi connectivity index (χ1) is 9.19. The number of methoxy groups -OCH3 is 1. The molecule has 0 atom stereocenters. The van der Waals surface area contributed by atoms with Crippen molar-refractivity contribution in [1.29, 1.82) is 0 Å². The standard InChI is InChI=1S/C15H13ClO3/c1-18-13-6-2-4-11(8-13)15(17)10-19-14-7-3-5-12(16)9-14/h2-9H,10H2,1H3. The van der Waals surface area contributed by atoms with Crippen molar-refractivity contribution in [3.63, 3.8) is 0 Å². The summed E-state index contributed by atoms with van der Waals surface area (Å²) in [6.45, 7) is -0.0342. The third-order valence-corrected chi connectivity index (χ3v) is 2.79. The smallest absolute Gasteiger partial charge is 0.200 e. The molecular formula is C15H13ClO3. The van der Waals surface area contributed by atoms with Gasteiger partial charge in [0.1, 0.15) is 11.5 Å². The molecule has 0 saturated heterocycles. The lowest BCUT2D eigenvalue weighted by Gasteiger charge is -2.06. The zero-order valence-electron chi connectivity index (χ0n) is 10.4. The molecule has 0 radical (unpaired) electrons. The van der Waals surface area contributed by atoms with E-state index in [9.17, 15) is 4.79 Å². The Morgan fingerprint density at radius 3 is 2.58 bits per heavy atom. The highest BCUT2D eigenvalue weighted by atomic mass is 35.5. The summed E-state index contributed by atoms with van der Waals surface area (Å²) in [7, 11) is 1.56. The van der Waals surface area contributed by atoms with Crippen LogP contribution in [0.5, 0.6) is 11.5 Å². The van der Waals surface area contributed by atoms with Crippen LogP contribution >= 0.6 is 11.6 Å². The molecular weight excluding hydrogens is 264 g/mol. The predicted molar refractivity (Wildman–Crippen MR) is 74.3 cm³/mol.